The molecule has 1 aromatic heterocycles. The van der Waals surface area contributed by atoms with E-state index in [1.54, 1.807) is 12.1 Å². The number of rotatable bonds is 5. The van der Waals surface area contributed by atoms with Gasteiger partial charge in [-0.1, -0.05) is 12.1 Å². The van der Waals surface area contributed by atoms with E-state index >= 15 is 0 Å². The molecule has 3 nitrogen and oxygen atoms in total. The van der Waals surface area contributed by atoms with Crippen molar-refractivity contribution in [2.45, 2.75) is 26.1 Å². The lowest BCUT2D eigenvalue weighted by Crippen LogP contribution is -2.21. The van der Waals surface area contributed by atoms with Crippen LogP contribution in [0.3, 0.4) is 0 Å². The number of hydrogen-bond donors (Lipinski definition) is 1. The minimum Gasteiger partial charge on any atom is -0.303 e. The first kappa shape index (κ1) is 13.6. The molecule has 1 heterocycles. The minimum atomic E-state index is -2.60. The van der Waals surface area contributed by atoms with E-state index in [4.69, 9.17) is 0 Å². The molecule has 0 aliphatic heterocycles. The largest absolute Gasteiger partial charge is 0.319 e. The van der Waals surface area contributed by atoms with E-state index in [1.807, 2.05) is 6.92 Å². The van der Waals surface area contributed by atoms with Crippen LogP contribution >= 0.6 is 0 Å². The molecule has 1 aromatic carbocycles. The predicted octanol–water partition coefficient (Wildman–Crippen LogP) is 3.27. The number of hydrogen-bond acceptors (Lipinski definition) is 2. The van der Waals surface area contributed by atoms with Crippen molar-refractivity contribution in [1.29, 1.82) is 0 Å². The molecule has 1 atom stereocenters. The third-order valence-corrected chi connectivity index (χ3v) is 2.90. The zero-order valence-corrected chi connectivity index (χ0v) is 10.4. The van der Waals surface area contributed by atoms with Gasteiger partial charge in [0.1, 0.15) is 11.6 Å². The molecule has 0 amide bonds. The maximum Gasteiger partial charge on any atom is 0.319 e. The Hall–Kier alpha value is -1.82. The Bertz CT molecular complexity index is 522. The molecule has 0 bridgehead atoms. The Labute approximate surface area is 109 Å². The summed E-state index contributed by atoms with van der Waals surface area (Å²) in [6.07, 6.45) is 2.58. The maximum atomic E-state index is 12.8. The summed E-state index contributed by atoms with van der Waals surface area (Å²) < 4.78 is 38.8. The Morgan fingerprint density at radius 3 is 2.58 bits per heavy atom. The molecule has 6 heteroatoms. The van der Waals surface area contributed by atoms with Crippen molar-refractivity contribution in [3.63, 3.8) is 0 Å². The summed E-state index contributed by atoms with van der Waals surface area (Å²) in [6.45, 7) is -0.501. The summed E-state index contributed by atoms with van der Waals surface area (Å²) in [5.41, 5.74) is 0.886. The van der Waals surface area contributed by atoms with E-state index in [-0.39, 0.29) is 24.2 Å². The average molecular weight is 269 g/mol. The highest BCUT2D eigenvalue weighted by atomic mass is 19.3. The minimum absolute atomic E-state index is 0.0802. The smallest absolute Gasteiger partial charge is 0.303 e. The van der Waals surface area contributed by atoms with Gasteiger partial charge in [-0.05, 0) is 24.6 Å². The van der Waals surface area contributed by atoms with Crippen LogP contribution in [0.4, 0.5) is 13.2 Å². The van der Waals surface area contributed by atoms with Crippen LogP contribution in [0.15, 0.2) is 36.7 Å². The summed E-state index contributed by atoms with van der Waals surface area (Å²) in [7, 11) is 0. The molecule has 1 N–H and O–H groups in total. The van der Waals surface area contributed by atoms with Gasteiger partial charge in [0.2, 0.25) is 0 Å². The van der Waals surface area contributed by atoms with Crippen LogP contribution in [0.1, 0.15) is 30.9 Å². The van der Waals surface area contributed by atoms with Crippen molar-refractivity contribution in [1.82, 2.24) is 14.9 Å². The quantitative estimate of drug-likeness (QED) is 0.902. The van der Waals surface area contributed by atoms with Gasteiger partial charge in [-0.3, -0.25) is 4.57 Å². The molecule has 19 heavy (non-hydrogen) atoms. The monoisotopic (exact) mass is 269 g/mol. The van der Waals surface area contributed by atoms with E-state index in [1.165, 1.54) is 24.5 Å². The number of imidazole rings is 1. The highest BCUT2D eigenvalue weighted by molar-refractivity contribution is 5.19. The lowest BCUT2D eigenvalue weighted by Gasteiger charge is -2.14. The lowest BCUT2D eigenvalue weighted by molar-refractivity contribution is 0.0665. The Kier molecular flexibility index (Phi) is 4.21. The van der Waals surface area contributed by atoms with Crippen LogP contribution in [0.5, 0.6) is 0 Å². The second-order valence-electron chi connectivity index (χ2n) is 4.18. The van der Waals surface area contributed by atoms with Gasteiger partial charge < -0.3 is 5.32 Å². The number of benzene rings is 1. The van der Waals surface area contributed by atoms with Crippen LogP contribution in [0, 0.1) is 5.82 Å². The maximum absolute atomic E-state index is 12.8. The third kappa shape index (κ3) is 3.35. The first-order chi connectivity index (χ1) is 9.08. The summed E-state index contributed by atoms with van der Waals surface area (Å²) in [6, 6.07) is 5.98. The molecule has 2 aromatic rings. The fourth-order valence-electron chi connectivity index (χ4n) is 1.77. The topological polar surface area (TPSA) is 29.9 Å². The molecule has 0 radical (unpaired) electrons. The van der Waals surface area contributed by atoms with Gasteiger partial charge >= 0.3 is 6.55 Å². The van der Waals surface area contributed by atoms with Crippen LogP contribution < -0.4 is 5.32 Å². The second kappa shape index (κ2) is 5.88. The molecule has 2 rings (SSSR count). The summed E-state index contributed by atoms with van der Waals surface area (Å²) in [4.78, 5) is 3.88. The molecule has 102 valence electrons. The van der Waals surface area contributed by atoms with Gasteiger partial charge in [0.25, 0.3) is 0 Å². The fraction of sp³-hybridized carbons (Fsp3) is 0.308. The molecule has 0 saturated heterocycles. The number of aromatic nitrogens is 2. The highest BCUT2D eigenvalue weighted by Gasteiger charge is 2.12. The van der Waals surface area contributed by atoms with E-state index in [0.29, 0.717) is 0 Å². The van der Waals surface area contributed by atoms with Crippen molar-refractivity contribution in [2.24, 2.45) is 0 Å². The van der Waals surface area contributed by atoms with Crippen LogP contribution in [0.2, 0.25) is 0 Å². The standard InChI is InChI=1S/C13H14F3N3/c1-9(10-2-4-11(14)5-3-10)18-8-12-17-6-7-19(12)13(15)16/h2-7,9,13,18H,8H2,1H3. The zero-order valence-electron chi connectivity index (χ0n) is 10.4. The van der Waals surface area contributed by atoms with E-state index in [9.17, 15) is 13.2 Å². The van der Waals surface area contributed by atoms with E-state index < -0.39 is 6.55 Å². The van der Waals surface area contributed by atoms with Gasteiger partial charge in [0.15, 0.2) is 0 Å². The molecule has 0 aliphatic carbocycles. The van der Waals surface area contributed by atoms with Gasteiger partial charge in [0, 0.05) is 18.4 Å². The number of halogens is 3. The average Bonchev–Trinajstić information content (AvgIpc) is 2.85. The summed E-state index contributed by atoms with van der Waals surface area (Å²) >= 11 is 0. The molecule has 0 fully saturated rings. The second-order valence-corrected chi connectivity index (χ2v) is 4.18. The van der Waals surface area contributed by atoms with Gasteiger partial charge in [-0.15, -0.1) is 0 Å². The fourth-order valence-corrected chi connectivity index (χ4v) is 1.77. The van der Waals surface area contributed by atoms with Crippen molar-refractivity contribution < 1.29 is 13.2 Å². The molecule has 0 spiro atoms. The Balaban J connectivity index is 1.98. The molecule has 0 aliphatic rings. The highest BCUT2D eigenvalue weighted by Crippen LogP contribution is 2.15. The van der Waals surface area contributed by atoms with Crippen LogP contribution in [-0.2, 0) is 6.54 Å². The van der Waals surface area contributed by atoms with Crippen molar-refractivity contribution in [2.75, 3.05) is 0 Å². The summed E-state index contributed by atoms with van der Waals surface area (Å²) in [5, 5.41) is 3.08. The van der Waals surface area contributed by atoms with Crippen LogP contribution in [0.25, 0.3) is 0 Å². The van der Waals surface area contributed by atoms with E-state index in [0.717, 1.165) is 10.1 Å². The third-order valence-electron chi connectivity index (χ3n) is 2.90. The SMILES string of the molecule is CC(NCc1nccn1C(F)F)c1ccc(F)cc1. The zero-order chi connectivity index (χ0) is 13.8. The lowest BCUT2D eigenvalue weighted by atomic mass is 10.1. The number of nitrogens with one attached hydrogen (secondary N) is 1. The molecule has 0 saturated carbocycles. The van der Waals surface area contributed by atoms with Gasteiger partial charge in [0.05, 0.1) is 6.54 Å². The summed E-state index contributed by atoms with van der Waals surface area (Å²) in [5.74, 6) is -0.0341. The first-order valence-electron chi connectivity index (χ1n) is 5.86. The van der Waals surface area contributed by atoms with Gasteiger partial charge in [-0.25, -0.2) is 9.37 Å². The van der Waals surface area contributed by atoms with Crippen molar-refractivity contribution >= 4 is 0 Å². The number of nitrogens with zero attached hydrogens (tertiary/aromatic N) is 2. The van der Waals surface area contributed by atoms with Crippen LogP contribution in [-0.4, -0.2) is 9.55 Å². The van der Waals surface area contributed by atoms with Crippen molar-refractivity contribution in [3.8, 4) is 0 Å². The normalized spacial score (nSPS) is 12.9. The Morgan fingerprint density at radius 1 is 1.26 bits per heavy atom. The van der Waals surface area contributed by atoms with Crippen molar-refractivity contribution in [3.05, 3.63) is 53.9 Å². The predicted molar refractivity (Wildman–Crippen MR) is 65.1 cm³/mol. The van der Waals surface area contributed by atoms with E-state index in [2.05, 4.69) is 10.3 Å². The Morgan fingerprint density at radius 2 is 1.95 bits per heavy atom. The molecular formula is C13H14F3N3. The number of alkyl halides is 2. The molecule has 1 unspecified atom stereocenters. The molecular weight excluding hydrogens is 255 g/mol. The first-order valence-corrected chi connectivity index (χ1v) is 5.86. The van der Waals surface area contributed by atoms with Gasteiger partial charge in [-0.2, -0.15) is 8.78 Å².